The summed E-state index contributed by atoms with van der Waals surface area (Å²) in [5, 5.41) is 2.97. The number of benzene rings is 1. The van der Waals surface area contributed by atoms with Crippen LogP contribution in [0.15, 0.2) is 18.2 Å². The van der Waals surface area contributed by atoms with Crippen LogP contribution in [0, 0.1) is 12.8 Å². The van der Waals surface area contributed by atoms with Gasteiger partial charge in [-0.1, -0.05) is 6.92 Å². The molecule has 1 saturated heterocycles. The van der Waals surface area contributed by atoms with Crippen molar-refractivity contribution in [2.45, 2.75) is 46.1 Å². The second-order valence-corrected chi connectivity index (χ2v) is 6.41. The van der Waals surface area contributed by atoms with Gasteiger partial charge in [0.15, 0.2) is 0 Å². The number of carbonyl (C=O) groups is 1. The minimum absolute atomic E-state index is 0.0859. The molecule has 2 rings (SSSR count). The Bertz CT molecular complexity index is 501. The fourth-order valence-corrected chi connectivity index (χ4v) is 3.18. The van der Waals surface area contributed by atoms with E-state index >= 15 is 0 Å². The number of nitrogens with one attached hydrogen (secondary N) is 1. The van der Waals surface area contributed by atoms with Crippen molar-refractivity contribution in [3.63, 3.8) is 0 Å². The van der Waals surface area contributed by atoms with Crippen molar-refractivity contribution in [3.05, 3.63) is 23.8 Å². The molecule has 1 aliphatic rings. The number of nitrogens with zero attached hydrogens (tertiary/aromatic N) is 1. The van der Waals surface area contributed by atoms with Crippen LogP contribution in [-0.2, 0) is 4.79 Å². The van der Waals surface area contributed by atoms with Gasteiger partial charge in [-0.15, -0.1) is 0 Å². The summed E-state index contributed by atoms with van der Waals surface area (Å²) >= 11 is 0. The van der Waals surface area contributed by atoms with Gasteiger partial charge in [0.05, 0.1) is 0 Å². The molecule has 0 spiro atoms. The van der Waals surface area contributed by atoms with Crippen LogP contribution in [0.25, 0.3) is 0 Å². The largest absolute Gasteiger partial charge is 0.399 e. The Morgan fingerprint density at radius 2 is 2.19 bits per heavy atom. The molecule has 0 aromatic heterocycles. The van der Waals surface area contributed by atoms with Crippen molar-refractivity contribution in [1.82, 2.24) is 4.90 Å². The predicted octanol–water partition coefficient (Wildman–Crippen LogP) is 3.03. The lowest BCUT2D eigenvalue weighted by atomic mass is 10.1. The second kappa shape index (κ2) is 6.94. The lowest BCUT2D eigenvalue weighted by molar-refractivity contribution is -0.116. The summed E-state index contributed by atoms with van der Waals surface area (Å²) in [6.45, 7) is 8.72. The maximum atomic E-state index is 12.0. The van der Waals surface area contributed by atoms with Crippen LogP contribution in [0.1, 0.15) is 38.7 Å². The van der Waals surface area contributed by atoms with Crippen molar-refractivity contribution in [2.24, 2.45) is 5.92 Å². The third-order valence-corrected chi connectivity index (χ3v) is 4.29. The zero-order chi connectivity index (χ0) is 15.4. The van der Waals surface area contributed by atoms with Crippen LogP contribution in [-0.4, -0.2) is 29.9 Å². The Labute approximate surface area is 127 Å². The van der Waals surface area contributed by atoms with E-state index in [0.29, 0.717) is 12.5 Å². The minimum Gasteiger partial charge on any atom is -0.399 e. The van der Waals surface area contributed by atoms with E-state index < -0.39 is 0 Å². The first kappa shape index (κ1) is 15.8. The molecule has 0 bridgehead atoms. The summed E-state index contributed by atoms with van der Waals surface area (Å²) in [5.41, 5.74) is 8.30. The number of amides is 1. The molecule has 1 aromatic rings. The number of hydrogen-bond acceptors (Lipinski definition) is 3. The van der Waals surface area contributed by atoms with Gasteiger partial charge in [-0.3, -0.25) is 4.79 Å². The Kier molecular flexibility index (Phi) is 5.23. The molecule has 21 heavy (non-hydrogen) atoms. The monoisotopic (exact) mass is 289 g/mol. The van der Waals surface area contributed by atoms with E-state index in [1.807, 2.05) is 25.1 Å². The molecule has 2 unspecified atom stereocenters. The Balaban J connectivity index is 1.75. The van der Waals surface area contributed by atoms with Crippen LogP contribution in [0.4, 0.5) is 11.4 Å². The van der Waals surface area contributed by atoms with Crippen molar-refractivity contribution >= 4 is 17.3 Å². The number of anilines is 2. The highest BCUT2D eigenvalue weighted by Crippen LogP contribution is 2.22. The molecule has 4 nitrogen and oxygen atoms in total. The molecule has 1 amide bonds. The minimum atomic E-state index is 0.0859. The number of hydrogen-bond donors (Lipinski definition) is 2. The van der Waals surface area contributed by atoms with E-state index in [9.17, 15) is 4.79 Å². The lowest BCUT2D eigenvalue weighted by Gasteiger charge is -2.20. The molecule has 1 aromatic carbocycles. The fraction of sp³-hybridized carbons (Fsp3) is 0.588. The van der Waals surface area contributed by atoms with E-state index in [4.69, 9.17) is 5.73 Å². The molecule has 4 heteroatoms. The first-order valence-corrected chi connectivity index (χ1v) is 7.85. The van der Waals surface area contributed by atoms with E-state index in [1.165, 1.54) is 13.0 Å². The van der Waals surface area contributed by atoms with E-state index in [-0.39, 0.29) is 5.91 Å². The normalized spacial score (nSPS) is 22.4. The van der Waals surface area contributed by atoms with Crippen LogP contribution >= 0.6 is 0 Å². The van der Waals surface area contributed by atoms with Gasteiger partial charge in [0.2, 0.25) is 5.91 Å². The third kappa shape index (κ3) is 4.46. The highest BCUT2D eigenvalue weighted by molar-refractivity contribution is 5.91. The Morgan fingerprint density at radius 3 is 2.81 bits per heavy atom. The molecule has 116 valence electrons. The number of nitrogen functional groups attached to an aromatic ring is 1. The van der Waals surface area contributed by atoms with Crippen molar-refractivity contribution in [2.75, 3.05) is 24.1 Å². The van der Waals surface area contributed by atoms with Crippen LogP contribution in [0.2, 0.25) is 0 Å². The highest BCUT2D eigenvalue weighted by Gasteiger charge is 2.25. The van der Waals surface area contributed by atoms with Gasteiger partial charge in [-0.2, -0.15) is 0 Å². The van der Waals surface area contributed by atoms with Gasteiger partial charge in [0.1, 0.15) is 0 Å². The van der Waals surface area contributed by atoms with Gasteiger partial charge < -0.3 is 16.0 Å². The predicted molar refractivity (Wildman–Crippen MR) is 88.3 cm³/mol. The number of nitrogens with two attached hydrogens (primary N) is 1. The molecule has 3 N–H and O–H groups in total. The van der Waals surface area contributed by atoms with Gasteiger partial charge in [0, 0.05) is 30.4 Å². The lowest BCUT2D eigenvalue weighted by Crippen LogP contribution is -2.29. The molecule has 2 atom stereocenters. The summed E-state index contributed by atoms with van der Waals surface area (Å²) < 4.78 is 0. The zero-order valence-electron chi connectivity index (χ0n) is 13.4. The highest BCUT2D eigenvalue weighted by atomic mass is 16.1. The first-order chi connectivity index (χ1) is 9.95. The van der Waals surface area contributed by atoms with Crippen LogP contribution < -0.4 is 11.1 Å². The van der Waals surface area contributed by atoms with Crippen LogP contribution in [0.3, 0.4) is 0 Å². The van der Waals surface area contributed by atoms with Gasteiger partial charge >= 0.3 is 0 Å². The molecule has 1 heterocycles. The maximum Gasteiger partial charge on any atom is 0.224 e. The van der Waals surface area contributed by atoms with Gasteiger partial charge in [-0.05, 0) is 62.9 Å². The molecule has 0 saturated carbocycles. The van der Waals surface area contributed by atoms with Crippen molar-refractivity contribution in [3.8, 4) is 0 Å². The topological polar surface area (TPSA) is 58.4 Å². The molecule has 1 aliphatic heterocycles. The van der Waals surface area contributed by atoms with E-state index in [1.54, 1.807) is 0 Å². The van der Waals surface area contributed by atoms with E-state index in [2.05, 4.69) is 24.1 Å². The SMILES string of the molecule is Cc1cc(N)ccc1NC(=O)CCCN1CC(C)CC1C. The van der Waals surface area contributed by atoms with Gasteiger partial charge in [-0.25, -0.2) is 0 Å². The first-order valence-electron chi connectivity index (χ1n) is 7.85. The van der Waals surface area contributed by atoms with E-state index in [0.717, 1.165) is 35.8 Å². The Hall–Kier alpha value is -1.55. The summed E-state index contributed by atoms with van der Waals surface area (Å²) in [4.78, 5) is 14.5. The number of rotatable bonds is 5. The fourth-order valence-electron chi connectivity index (χ4n) is 3.18. The summed E-state index contributed by atoms with van der Waals surface area (Å²) in [6.07, 6.45) is 2.76. The van der Waals surface area contributed by atoms with Crippen molar-refractivity contribution in [1.29, 1.82) is 0 Å². The number of likely N-dealkylation sites (tertiary alicyclic amines) is 1. The maximum absolute atomic E-state index is 12.0. The molecular formula is C17H27N3O. The summed E-state index contributed by atoms with van der Waals surface area (Å²) in [5.74, 6) is 0.869. The third-order valence-electron chi connectivity index (χ3n) is 4.29. The Morgan fingerprint density at radius 1 is 1.43 bits per heavy atom. The zero-order valence-corrected chi connectivity index (χ0v) is 13.4. The molecular weight excluding hydrogens is 262 g/mol. The average molecular weight is 289 g/mol. The van der Waals surface area contributed by atoms with Gasteiger partial charge in [0.25, 0.3) is 0 Å². The van der Waals surface area contributed by atoms with Crippen LogP contribution in [0.5, 0.6) is 0 Å². The molecule has 0 radical (unpaired) electrons. The van der Waals surface area contributed by atoms with Crippen molar-refractivity contribution < 1.29 is 4.79 Å². The standard InChI is InChI=1S/C17H27N3O/c1-12-9-14(3)20(11-12)8-4-5-17(21)19-16-7-6-15(18)10-13(16)2/h6-7,10,12,14H,4-5,8-9,11,18H2,1-3H3,(H,19,21). The molecule has 1 fully saturated rings. The number of carbonyl (C=O) groups excluding carboxylic acids is 1. The summed E-state index contributed by atoms with van der Waals surface area (Å²) in [6, 6.07) is 6.22. The summed E-state index contributed by atoms with van der Waals surface area (Å²) in [7, 11) is 0. The second-order valence-electron chi connectivity index (χ2n) is 6.41. The smallest absolute Gasteiger partial charge is 0.224 e. The quantitative estimate of drug-likeness (QED) is 0.819. The average Bonchev–Trinajstić information content (AvgIpc) is 2.71. The molecule has 0 aliphatic carbocycles. The number of aryl methyl sites for hydroxylation is 1.